The summed E-state index contributed by atoms with van der Waals surface area (Å²) in [5, 5.41) is 13.3. The highest BCUT2D eigenvalue weighted by Crippen LogP contribution is 2.21. The Morgan fingerprint density at radius 2 is 2.06 bits per heavy atom. The molecule has 1 aromatic heterocycles. The summed E-state index contributed by atoms with van der Waals surface area (Å²) in [4.78, 5) is 31.5. The lowest BCUT2D eigenvalue weighted by molar-refractivity contribution is -0.123. The van der Waals surface area contributed by atoms with Gasteiger partial charge in [0, 0.05) is 30.8 Å². The number of piperidine rings is 1. The molecule has 0 bridgehead atoms. The molecule has 3 N–H and O–H groups in total. The molecule has 0 radical (unpaired) electrons. The summed E-state index contributed by atoms with van der Waals surface area (Å²) < 4.78 is 0. The number of H-pyrrole nitrogens is 1. The van der Waals surface area contributed by atoms with Crippen molar-refractivity contribution in [3.63, 3.8) is 0 Å². The van der Waals surface area contributed by atoms with Crippen LogP contribution in [0.1, 0.15) is 41.9 Å². The maximum Gasteiger partial charge on any atom is 0.253 e. The molecule has 0 spiro atoms. The van der Waals surface area contributed by atoms with Gasteiger partial charge in [0.2, 0.25) is 5.91 Å². The van der Waals surface area contributed by atoms with Crippen molar-refractivity contribution in [2.24, 2.45) is 5.92 Å². The van der Waals surface area contributed by atoms with Crippen LogP contribution in [0.5, 0.6) is 0 Å². The predicted molar refractivity (Wildman–Crippen MR) is 124 cm³/mol. The highest BCUT2D eigenvalue weighted by Gasteiger charge is 2.27. The maximum atomic E-state index is 13.1. The fraction of sp³-hybridized carbons (Fsp3) is 0.524. The Morgan fingerprint density at radius 1 is 1.23 bits per heavy atom. The number of benzene rings is 1. The lowest BCUT2D eigenvalue weighted by Crippen LogP contribution is -2.46. The van der Waals surface area contributed by atoms with Crippen molar-refractivity contribution in [2.45, 2.75) is 38.6 Å². The molecular formula is C21H30Cl2N6O2. The SMILES string of the molecule is Cc1nc(-c2cccc(C(=O)N3CCCC(CNC(=O)C4CCCN4)C3)c2)n[nH]1.Cl.Cl. The summed E-state index contributed by atoms with van der Waals surface area (Å²) in [6.07, 6.45) is 3.94. The maximum absolute atomic E-state index is 13.1. The van der Waals surface area contributed by atoms with Gasteiger partial charge in [0.15, 0.2) is 5.82 Å². The predicted octanol–water partition coefficient (Wildman–Crippen LogP) is 2.34. The molecule has 2 amide bonds. The quantitative estimate of drug-likeness (QED) is 0.624. The zero-order valence-corrected chi connectivity index (χ0v) is 19.2. The smallest absolute Gasteiger partial charge is 0.253 e. The minimum atomic E-state index is -0.0571. The molecule has 1 aromatic carbocycles. The first-order valence-corrected chi connectivity index (χ1v) is 10.4. The molecule has 4 rings (SSSR count). The van der Waals surface area contributed by atoms with E-state index in [1.807, 2.05) is 36.1 Å². The van der Waals surface area contributed by atoms with Crippen molar-refractivity contribution >= 4 is 36.6 Å². The molecule has 3 heterocycles. The van der Waals surface area contributed by atoms with Gasteiger partial charge < -0.3 is 15.5 Å². The molecule has 2 aliphatic heterocycles. The molecule has 0 saturated carbocycles. The van der Waals surface area contributed by atoms with Gasteiger partial charge in [0.1, 0.15) is 5.82 Å². The second kappa shape index (κ2) is 11.5. The third-order valence-electron chi connectivity index (χ3n) is 5.71. The van der Waals surface area contributed by atoms with Gasteiger partial charge in [-0.05, 0) is 57.2 Å². The second-order valence-corrected chi connectivity index (χ2v) is 7.98. The van der Waals surface area contributed by atoms with Gasteiger partial charge in [0.25, 0.3) is 5.91 Å². The number of likely N-dealkylation sites (tertiary alicyclic amines) is 1. The molecule has 10 heteroatoms. The van der Waals surface area contributed by atoms with Crippen LogP contribution in [0.15, 0.2) is 24.3 Å². The van der Waals surface area contributed by atoms with Gasteiger partial charge in [-0.2, -0.15) is 5.10 Å². The van der Waals surface area contributed by atoms with E-state index in [0.717, 1.165) is 50.2 Å². The van der Waals surface area contributed by atoms with Gasteiger partial charge in [-0.3, -0.25) is 14.7 Å². The fourth-order valence-electron chi connectivity index (χ4n) is 4.14. The average molecular weight is 469 g/mol. The molecule has 2 atom stereocenters. The van der Waals surface area contributed by atoms with E-state index in [1.54, 1.807) is 0 Å². The number of aromatic nitrogens is 3. The first-order valence-electron chi connectivity index (χ1n) is 10.4. The van der Waals surface area contributed by atoms with Crippen LogP contribution >= 0.6 is 24.8 Å². The van der Waals surface area contributed by atoms with Crippen LogP contribution in [-0.4, -0.2) is 64.1 Å². The first kappa shape index (κ1) is 25.1. The Bertz CT molecular complexity index is 884. The number of hydrogen-bond donors (Lipinski definition) is 3. The topological polar surface area (TPSA) is 103 Å². The van der Waals surface area contributed by atoms with Crippen LogP contribution in [0.25, 0.3) is 11.4 Å². The number of nitrogens with one attached hydrogen (secondary N) is 3. The van der Waals surface area contributed by atoms with Crippen molar-refractivity contribution in [3.8, 4) is 11.4 Å². The van der Waals surface area contributed by atoms with Crippen LogP contribution in [0, 0.1) is 12.8 Å². The lowest BCUT2D eigenvalue weighted by Gasteiger charge is -2.33. The molecule has 170 valence electrons. The summed E-state index contributed by atoms with van der Waals surface area (Å²) in [6, 6.07) is 7.40. The van der Waals surface area contributed by atoms with Crippen LogP contribution in [0.3, 0.4) is 0 Å². The summed E-state index contributed by atoms with van der Waals surface area (Å²) in [7, 11) is 0. The van der Waals surface area contributed by atoms with Crippen molar-refractivity contribution in [1.82, 2.24) is 30.7 Å². The Labute approximate surface area is 194 Å². The number of halogens is 2. The van der Waals surface area contributed by atoms with E-state index in [9.17, 15) is 9.59 Å². The van der Waals surface area contributed by atoms with E-state index >= 15 is 0 Å². The molecule has 2 saturated heterocycles. The Hall–Kier alpha value is -2.16. The Kier molecular flexibility index (Phi) is 9.28. The van der Waals surface area contributed by atoms with Crippen LogP contribution in [-0.2, 0) is 4.79 Å². The molecule has 2 aliphatic rings. The standard InChI is InChI=1S/C21H28N6O2.2ClH/c1-14-24-19(26-25-14)16-6-2-7-17(11-16)21(29)27-10-4-5-15(13-27)12-23-20(28)18-8-3-9-22-18;;/h2,6-7,11,15,18,22H,3-5,8-10,12-13H2,1H3,(H,23,28)(H,24,25,26);2*1H. The second-order valence-electron chi connectivity index (χ2n) is 7.98. The normalized spacial score (nSPS) is 20.5. The number of hydrogen-bond acceptors (Lipinski definition) is 5. The summed E-state index contributed by atoms with van der Waals surface area (Å²) in [6.45, 7) is 4.80. The van der Waals surface area contributed by atoms with E-state index in [4.69, 9.17) is 0 Å². The molecule has 31 heavy (non-hydrogen) atoms. The fourth-order valence-corrected chi connectivity index (χ4v) is 4.14. The van der Waals surface area contributed by atoms with E-state index in [0.29, 0.717) is 24.5 Å². The Balaban J connectivity index is 0.00000171. The molecule has 0 aliphatic carbocycles. The van der Waals surface area contributed by atoms with Crippen LogP contribution in [0.4, 0.5) is 0 Å². The van der Waals surface area contributed by atoms with Crippen LogP contribution < -0.4 is 10.6 Å². The number of rotatable bonds is 5. The summed E-state index contributed by atoms with van der Waals surface area (Å²) in [5.41, 5.74) is 1.47. The van der Waals surface area contributed by atoms with Crippen molar-refractivity contribution in [3.05, 3.63) is 35.7 Å². The van der Waals surface area contributed by atoms with E-state index < -0.39 is 0 Å². The first-order chi connectivity index (χ1) is 14.1. The molecule has 2 unspecified atom stereocenters. The summed E-state index contributed by atoms with van der Waals surface area (Å²) >= 11 is 0. The highest BCUT2D eigenvalue weighted by molar-refractivity contribution is 5.95. The monoisotopic (exact) mass is 468 g/mol. The largest absolute Gasteiger partial charge is 0.354 e. The van der Waals surface area contributed by atoms with Gasteiger partial charge in [-0.15, -0.1) is 24.8 Å². The van der Waals surface area contributed by atoms with Gasteiger partial charge in [0.05, 0.1) is 6.04 Å². The number of amides is 2. The Morgan fingerprint density at radius 3 is 2.77 bits per heavy atom. The van der Waals surface area contributed by atoms with Gasteiger partial charge in [-0.1, -0.05) is 12.1 Å². The molecule has 8 nitrogen and oxygen atoms in total. The zero-order valence-electron chi connectivity index (χ0n) is 17.6. The zero-order chi connectivity index (χ0) is 20.2. The van der Waals surface area contributed by atoms with Crippen LogP contribution in [0.2, 0.25) is 0 Å². The molecular weight excluding hydrogens is 439 g/mol. The number of nitrogens with zero attached hydrogens (tertiary/aromatic N) is 3. The van der Waals surface area contributed by atoms with Gasteiger partial charge in [-0.25, -0.2) is 4.98 Å². The number of carbonyl (C=O) groups excluding carboxylic acids is 2. The summed E-state index contributed by atoms with van der Waals surface area (Å²) in [5.74, 6) is 1.73. The van der Waals surface area contributed by atoms with E-state index in [-0.39, 0.29) is 48.6 Å². The minimum absolute atomic E-state index is 0. The number of aryl methyl sites for hydroxylation is 1. The molecule has 2 aromatic rings. The van der Waals surface area contributed by atoms with Gasteiger partial charge >= 0.3 is 0 Å². The lowest BCUT2D eigenvalue weighted by atomic mass is 9.97. The minimum Gasteiger partial charge on any atom is -0.354 e. The third kappa shape index (κ3) is 6.18. The average Bonchev–Trinajstić information content (AvgIpc) is 3.44. The van der Waals surface area contributed by atoms with Crippen molar-refractivity contribution in [1.29, 1.82) is 0 Å². The van der Waals surface area contributed by atoms with Crippen molar-refractivity contribution < 1.29 is 9.59 Å². The number of aromatic amines is 1. The highest BCUT2D eigenvalue weighted by atomic mass is 35.5. The number of carbonyl (C=O) groups is 2. The third-order valence-corrected chi connectivity index (χ3v) is 5.71. The van der Waals surface area contributed by atoms with E-state index in [2.05, 4.69) is 25.8 Å². The van der Waals surface area contributed by atoms with Crippen molar-refractivity contribution in [2.75, 3.05) is 26.2 Å². The molecule has 2 fully saturated rings. The van der Waals surface area contributed by atoms with E-state index in [1.165, 1.54) is 0 Å².